The van der Waals surface area contributed by atoms with Crippen LogP contribution in [0.4, 0.5) is 4.79 Å². The normalized spacial score (nSPS) is 17.1. The van der Waals surface area contributed by atoms with Crippen LogP contribution >= 0.6 is 0 Å². The minimum atomic E-state index is -0.774. The number of amides is 4. The Bertz CT molecular complexity index is 1090. The second kappa shape index (κ2) is 12.9. The fraction of sp³-hybridized carbons (Fsp3) is 0.500. The molecule has 2 aromatic rings. The molecule has 4 amide bonds. The number of hydrogen-bond donors (Lipinski definition) is 2. The first-order chi connectivity index (χ1) is 18.2. The molecule has 0 aromatic heterocycles. The highest BCUT2D eigenvalue weighted by molar-refractivity contribution is 6.03. The molecule has 0 spiro atoms. The van der Waals surface area contributed by atoms with Crippen LogP contribution < -0.4 is 15.4 Å². The standard InChI is InChI=1S/C30H42N4O4/c1-7-10-25(22-13-11-21(4)12-14-22)32-29(37)34-27(36)30(8-2,9-3)28(34)38-24-17-15-23(16-18-24)26(35)31-19-20-33(5)6/h11-18,25,28H,7-10,19-20H2,1-6H3,(H,31,35)(H,32,37)/t25-,28-/m0/s1. The van der Waals surface area contributed by atoms with Crippen LogP contribution in [0.2, 0.25) is 0 Å². The largest absolute Gasteiger partial charge is 0.469 e. The summed E-state index contributed by atoms with van der Waals surface area (Å²) in [6, 6.07) is 14.2. The number of aryl methyl sites for hydroxylation is 1. The van der Waals surface area contributed by atoms with Crippen molar-refractivity contribution in [2.45, 2.75) is 65.6 Å². The van der Waals surface area contributed by atoms with E-state index in [9.17, 15) is 14.4 Å². The molecule has 1 aliphatic heterocycles. The van der Waals surface area contributed by atoms with Crippen molar-refractivity contribution >= 4 is 17.8 Å². The maximum atomic E-state index is 13.4. The summed E-state index contributed by atoms with van der Waals surface area (Å²) < 4.78 is 6.27. The lowest BCUT2D eigenvalue weighted by molar-refractivity contribution is -0.191. The lowest BCUT2D eigenvalue weighted by atomic mass is 9.72. The zero-order valence-corrected chi connectivity index (χ0v) is 23.5. The van der Waals surface area contributed by atoms with Gasteiger partial charge in [0.2, 0.25) is 5.91 Å². The molecule has 0 radical (unpaired) electrons. The van der Waals surface area contributed by atoms with Crippen LogP contribution in [0.25, 0.3) is 0 Å². The number of ether oxygens (including phenoxy) is 1. The number of rotatable bonds is 12. The molecule has 0 bridgehead atoms. The third-order valence-electron chi connectivity index (χ3n) is 7.40. The van der Waals surface area contributed by atoms with E-state index in [-0.39, 0.29) is 17.9 Å². The third-order valence-corrected chi connectivity index (χ3v) is 7.40. The van der Waals surface area contributed by atoms with E-state index >= 15 is 0 Å². The van der Waals surface area contributed by atoms with Gasteiger partial charge in [-0.2, -0.15) is 0 Å². The van der Waals surface area contributed by atoms with Crippen molar-refractivity contribution < 1.29 is 19.1 Å². The zero-order valence-electron chi connectivity index (χ0n) is 23.5. The summed E-state index contributed by atoms with van der Waals surface area (Å²) in [4.78, 5) is 42.4. The van der Waals surface area contributed by atoms with E-state index in [1.165, 1.54) is 4.90 Å². The van der Waals surface area contributed by atoms with Crippen molar-refractivity contribution in [2.24, 2.45) is 5.41 Å². The van der Waals surface area contributed by atoms with Crippen LogP contribution in [0, 0.1) is 12.3 Å². The van der Waals surface area contributed by atoms with Crippen LogP contribution in [0.15, 0.2) is 48.5 Å². The predicted octanol–water partition coefficient (Wildman–Crippen LogP) is 4.89. The Morgan fingerprint density at radius 2 is 1.66 bits per heavy atom. The molecular formula is C30H42N4O4. The van der Waals surface area contributed by atoms with E-state index in [1.807, 2.05) is 64.0 Å². The van der Waals surface area contributed by atoms with E-state index < -0.39 is 17.7 Å². The van der Waals surface area contributed by atoms with Gasteiger partial charge in [0.25, 0.3) is 5.91 Å². The van der Waals surface area contributed by atoms with Crippen LogP contribution in [-0.2, 0) is 4.79 Å². The van der Waals surface area contributed by atoms with Crippen molar-refractivity contribution in [1.29, 1.82) is 0 Å². The first kappa shape index (κ1) is 29.2. The summed E-state index contributed by atoms with van der Waals surface area (Å²) >= 11 is 0. The van der Waals surface area contributed by atoms with E-state index in [2.05, 4.69) is 17.6 Å². The van der Waals surface area contributed by atoms with Gasteiger partial charge in [0.05, 0.1) is 6.04 Å². The van der Waals surface area contributed by atoms with Gasteiger partial charge in [0.1, 0.15) is 11.2 Å². The fourth-order valence-corrected chi connectivity index (χ4v) is 4.84. The highest BCUT2D eigenvalue weighted by atomic mass is 16.5. The molecule has 1 heterocycles. The van der Waals surface area contributed by atoms with E-state index in [4.69, 9.17) is 4.74 Å². The molecule has 8 heteroatoms. The van der Waals surface area contributed by atoms with Crippen LogP contribution in [0.1, 0.15) is 74.0 Å². The van der Waals surface area contributed by atoms with Crippen LogP contribution in [-0.4, -0.2) is 61.1 Å². The summed E-state index contributed by atoms with van der Waals surface area (Å²) in [5, 5.41) is 5.96. The minimum absolute atomic E-state index is 0.159. The molecule has 2 aromatic carbocycles. The van der Waals surface area contributed by atoms with Crippen molar-refractivity contribution in [3.8, 4) is 5.75 Å². The molecule has 1 saturated heterocycles. The SMILES string of the molecule is CCC[C@H](NC(=O)N1C(=O)C(CC)(CC)[C@@H]1Oc1ccc(C(=O)NCCN(C)C)cc1)c1ccc(C)cc1. The van der Waals surface area contributed by atoms with Crippen LogP contribution in [0.3, 0.4) is 0 Å². The van der Waals surface area contributed by atoms with Crippen LogP contribution in [0.5, 0.6) is 5.75 Å². The number of benzene rings is 2. The van der Waals surface area contributed by atoms with Gasteiger partial charge < -0.3 is 20.3 Å². The molecular weight excluding hydrogens is 480 g/mol. The summed E-state index contributed by atoms with van der Waals surface area (Å²) in [6.45, 7) is 9.28. The van der Waals surface area contributed by atoms with Gasteiger partial charge in [-0.05, 0) is 70.1 Å². The van der Waals surface area contributed by atoms with E-state index in [1.54, 1.807) is 24.3 Å². The molecule has 1 aliphatic rings. The monoisotopic (exact) mass is 522 g/mol. The van der Waals surface area contributed by atoms with Gasteiger partial charge in [0.15, 0.2) is 6.23 Å². The molecule has 38 heavy (non-hydrogen) atoms. The van der Waals surface area contributed by atoms with Crippen molar-refractivity contribution in [3.05, 3.63) is 65.2 Å². The summed E-state index contributed by atoms with van der Waals surface area (Å²) in [7, 11) is 3.90. The quantitative estimate of drug-likeness (QED) is 0.387. The van der Waals surface area contributed by atoms with Gasteiger partial charge >= 0.3 is 6.03 Å². The Hall–Kier alpha value is -3.39. The Labute approximate surface area is 226 Å². The zero-order chi connectivity index (χ0) is 27.9. The Balaban J connectivity index is 1.75. The number of likely N-dealkylation sites (tertiary alicyclic amines) is 1. The number of nitrogens with zero attached hydrogens (tertiary/aromatic N) is 2. The molecule has 2 atom stereocenters. The molecule has 2 N–H and O–H groups in total. The molecule has 8 nitrogen and oxygen atoms in total. The number of nitrogens with one attached hydrogen (secondary N) is 2. The molecule has 206 valence electrons. The predicted molar refractivity (Wildman–Crippen MR) is 149 cm³/mol. The highest BCUT2D eigenvalue weighted by Crippen LogP contribution is 2.46. The number of carbonyl (C=O) groups is 3. The van der Waals surface area contributed by atoms with Gasteiger partial charge in [-0.25, -0.2) is 9.69 Å². The topological polar surface area (TPSA) is 91.0 Å². The maximum Gasteiger partial charge on any atom is 0.327 e. The minimum Gasteiger partial charge on any atom is -0.469 e. The summed E-state index contributed by atoms with van der Waals surface area (Å²) in [6.07, 6.45) is 2.02. The number of imide groups is 1. The lowest BCUT2D eigenvalue weighted by Crippen LogP contribution is -2.73. The lowest BCUT2D eigenvalue weighted by Gasteiger charge is -2.53. The molecule has 0 aliphatic carbocycles. The average Bonchev–Trinajstić information content (AvgIpc) is 2.89. The molecule has 0 unspecified atom stereocenters. The highest BCUT2D eigenvalue weighted by Gasteiger charge is 2.63. The van der Waals surface area contributed by atoms with Gasteiger partial charge in [-0.3, -0.25) is 9.59 Å². The number of likely N-dealkylation sites (N-methyl/N-ethyl adjacent to an activating group) is 1. The number of urea groups is 1. The van der Waals surface area contributed by atoms with Gasteiger partial charge in [0, 0.05) is 18.7 Å². The van der Waals surface area contributed by atoms with E-state index in [0.29, 0.717) is 30.7 Å². The average molecular weight is 523 g/mol. The third kappa shape index (κ3) is 6.35. The first-order valence-electron chi connectivity index (χ1n) is 13.6. The van der Waals surface area contributed by atoms with Crippen molar-refractivity contribution in [1.82, 2.24) is 20.4 Å². The van der Waals surface area contributed by atoms with Gasteiger partial charge in [-0.15, -0.1) is 0 Å². The van der Waals surface area contributed by atoms with E-state index in [0.717, 1.165) is 30.5 Å². The number of β-lactam (4-membered cyclic amide) rings is 1. The molecule has 0 saturated carbocycles. The van der Waals surface area contributed by atoms with Gasteiger partial charge in [-0.1, -0.05) is 57.0 Å². The molecule has 1 fully saturated rings. The van der Waals surface area contributed by atoms with Crippen molar-refractivity contribution in [3.63, 3.8) is 0 Å². The summed E-state index contributed by atoms with van der Waals surface area (Å²) in [5.41, 5.74) is 1.90. The molecule has 3 rings (SSSR count). The summed E-state index contributed by atoms with van der Waals surface area (Å²) in [5.74, 6) is 0.119. The second-order valence-electron chi connectivity index (χ2n) is 10.3. The maximum absolute atomic E-state index is 13.4. The fourth-order valence-electron chi connectivity index (χ4n) is 4.84. The smallest absolute Gasteiger partial charge is 0.327 e. The Morgan fingerprint density at radius 1 is 1.03 bits per heavy atom. The second-order valence-corrected chi connectivity index (χ2v) is 10.3. The Morgan fingerprint density at radius 3 is 2.21 bits per heavy atom. The first-order valence-corrected chi connectivity index (χ1v) is 13.6. The number of hydrogen-bond acceptors (Lipinski definition) is 5. The Kier molecular flexibility index (Phi) is 9.91. The number of carbonyl (C=O) groups excluding carboxylic acids is 3. The van der Waals surface area contributed by atoms with Crippen molar-refractivity contribution in [2.75, 3.05) is 27.2 Å².